The lowest BCUT2D eigenvalue weighted by molar-refractivity contribution is 0.140. The van der Waals surface area contributed by atoms with Gasteiger partial charge in [0.25, 0.3) is 0 Å². The molecule has 1 aliphatic rings. The Balaban J connectivity index is 1.77. The van der Waals surface area contributed by atoms with Gasteiger partial charge in [0.2, 0.25) is 0 Å². The molecule has 0 saturated carbocycles. The molecule has 0 amide bonds. The summed E-state index contributed by atoms with van der Waals surface area (Å²) < 4.78 is 10.6. The van der Waals surface area contributed by atoms with Crippen molar-refractivity contribution < 1.29 is 9.47 Å². The topological polar surface area (TPSA) is 58.1 Å². The second-order valence-corrected chi connectivity index (χ2v) is 7.25. The Kier molecular flexibility index (Phi) is 8.04. The summed E-state index contributed by atoms with van der Waals surface area (Å²) in [5, 5.41) is 6.68. The molecule has 2 rings (SSSR count). The van der Waals surface area contributed by atoms with Crippen LogP contribution >= 0.6 is 0 Å². The Hall–Kier alpha value is -1.95. The fourth-order valence-corrected chi connectivity index (χ4v) is 3.71. The third-order valence-corrected chi connectivity index (χ3v) is 4.76. The highest BCUT2D eigenvalue weighted by Gasteiger charge is 2.20. The predicted octanol–water partition coefficient (Wildman–Crippen LogP) is 3.06. The van der Waals surface area contributed by atoms with Crippen LogP contribution in [0, 0.1) is 11.8 Å². The third-order valence-electron chi connectivity index (χ3n) is 4.76. The molecule has 2 N–H and O–H groups in total. The van der Waals surface area contributed by atoms with Gasteiger partial charge in [0.05, 0.1) is 14.2 Å². The van der Waals surface area contributed by atoms with Crippen LogP contribution in [0.4, 0.5) is 5.69 Å². The average Bonchev–Trinajstić information content (AvgIpc) is 2.63. The zero-order valence-corrected chi connectivity index (χ0v) is 16.8. The molecule has 6 heteroatoms. The fraction of sp³-hybridized carbons (Fsp3) is 0.650. The van der Waals surface area contributed by atoms with Crippen LogP contribution in [-0.4, -0.2) is 58.3 Å². The molecule has 0 radical (unpaired) electrons. The number of rotatable bonds is 7. The smallest absolute Gasteiger partial charge is 0.195 e. The maximum atomic E-state index is 5.34. The van der Waals surface area contributed by atoms with Gasteiger partial charge in [0.1, 0.15) is 0 Å². The van der Waals surface area contributed by atoms with E-state index in [2.05, 4.69) is 34.4 Å². The number of piperidine rings is 1. The van der Waals surface area contributed by atoms with Crippen LogP contribution in [0.5, 0.6) is 11.5 Å². The first kappa shape index (κ1) is 20.4. The van der Waals surface area contributed by atoms with Gasteiger partial charge in [-0.1, -0.05) is 13.8 Å². The van der Waals surface area contributed by atoms with Gasteiger partial charge in [-0.05, 0) is 43.4 Å². The van der Waals surface area contributed by atoms with Crippen LogP contribution in [0.2, 0.25) is 0 Å². The van der Waals surface area contributed by atoms with Crippen molar-refractivity contribution in [2.45, 2.75) is 26.7 Å². The Morgan fingerprint density at radius 3 is 2.46 bits per heavy atom. The molecule has 0 bridgehead atoms. The highest BCUT2D eigenvalue weighted by atomic mass is 16.5. The van der Waals surface area contributed by atoms with Crippen LogP contribution in [0.1, 0.15) is 26.7 Å². The second-order valence-electron chi connectivity index (χ2n) is 7.25. The first-order valence-corrected chi connectivity index (χ1v) is 9.47. The monoisotopic (exact) mass is 362 g/mol. The number of guanidine groups is 1. The molecule has 2 atom stereocenters. The number of hydrogen-bond donors (Lipinski definition) is 2. The van der Waals surface area contributed by atoms with Crippen LogP contribution < -0.4 is 20.1 Å². The number of anilines is 1. The Morgan fingerprint density at radius 1 is 1.15 bits per heavy atom. The minimum absolute atomic E-state index is 0.696. The van der Waals surface area contributed by atoms with E-state index in [1.807, 2.05) is 18.2 Å². The van der Waals surface area contributed by atoms with Crippen LogP contribution in [0.15, 0.2) is 23.2 Å². The van der Waals surface area contributed by atoms with Gasteiger partial charge >= 0.3 is 0 Å². The minimum atomic E-state index is 0.696. The second kappa shape index (κ2) is 10.3. The van der Waals surface area contributed by atoms with Crippen molar-refractivity contribution in [1.82, 2.24) is 10.2 Å². The zero-order valence-electron chi connectivity index (χ0n) is 16.8. The van der Waals surface area contributed by atoms with Crippen molar-refractivity contribution in [3.63, 3.8) is 0 Å². The van der Waals surface area contributed by atoms with E-state index in [4.69, 9.17) is 9.47 Å². The van der Waals surface area contributed by atoms with E-state index in [0.29, 0.717) is 11.5 Å². The molecule has 0 aliphatic carbocycles. The lowest BCUT2D eigenvalue weighted by Crippen LogP contribution is -2.40. The van der Waals surface area contributed by atoms with Crippen LogP contribution in [0.3, 0.4) is 0 Å². The van der Waals surface area contributed by atoms with Crippen molar-refractivity contribution in [3.05, 3.63) is 18.2 Å². The first-order valence-electron chi connectivity index (χ1n) is 9.47. The van der Waals surface area contributed by atoms with Gasteiger partial charge in [0, 0.05) is 38.4 Å². The number of nitrogens with one attached hydrogen (secondary N) is 2. The fourth-order valence-electron chi connectivity index (χ4n) is 3.71. The summed E-state index contributed by atoms with van der Waals surface area (Å²) in [7, 11) is 5.05. The average molecular weight is 363 g/mol. The van der Waals surface area contributed by atoms with Crippen molar-refractivity contribution in [2.75, 3.05) is 52.8 Å². The number of methoxy groups -OCH3 is 2. The number of benzene rings is 1. The summed E-state index contributed by atoms with van der Waals surface area (Å²) in [6.45, 7) is 9.19. The SMILES string of the molecule is CN=C(NCCCN1CC(C)CC(C)C1)Nc1ccc(OC)c(OC)c1. The Morgan fingerprint density at radius 2 is 1.85 bits per heavy atom. The lowest BCUT2D eigenvalue weighted by atomic mass is 9.92. The number of aliphatic imine (C=N–C) groups is 1. The van der Waals surface area contributed by atoms with E-state index in [0.717, 1.165) is 43.0 Å². The quantitative estimate of drug-likeness (QED) is 0.443. The Labute approximate surface area is 158 Å². The van der Waals surface area contributed by atoms with E-state index in [1.165, 1.54) is 19.5 Å². The number of hydrogen-bond acceptors (Lipinski definition) is 4. The van der Waals surface area contributed by atoms with E-state index in [1.54, 1.807) is 21.3 Å². The maximum absolute atomic E-state index is 5.34. The van der Waals surface area contributed by atoms with Gasteiger partial charge < -0.3 is 25.0 Å². The molecule has 1 saturated heterocycles. The standard InChI is InChI=1S/C20H34N4O2/c1-15-11-16(2)14-24(13-15)10-6-9-22-20(21-3)23-17-7-8-18(25-4)19(12-17)26-5/h7-8,12,15-16H,6,9-11,13-14H2,1-5H3,(H2,21,22,23). The highest BCUT2D eigenvalue weighted by Crippen LogP contribution is 2.29. The molecule has 6 nitrogen and oxygen atoms in total. The summed E-state index contributed by atoms with van der Waals surface area (Å²) in [6, 6.07) is 5.74. The van der Waals surface area contributed by atoms with Crippen LogP contribution in [0.25, 0.3) is 0 Å². The van der Waals surface area contributed by atoms with E-state index >= 15 is 0 Å². The molecule has 1 aliphatic heterocycles. The van der Waals surface area contributed by atoms with Gasteiger partial charge in [-0.3, -0.25) is 4.99 Å². The zero-order chi connectivity index (χ0) is 18.9. The molecule has 1 heterocycles. The Bertz CT molecular complexity index is 581. The molecule has 1 aromatic carbocycles. The van der Waals surface area contributed by atoms with Crippen molar-refractivity contribution >= 4 is 11.6 Å². The molecule has 26 heavy (non-hydrogen) atoms. The van der Waals surface area contributed by atoms with Crippen molar-refractivity contribution in [1.29, 1.82) is 0 Å². The minimum Gasteiger partial charge on any atom is -0.493 e. The third kappa shape index (κ3) is 6.09. The normalized spacial score (nSPS) is 21.3. The van der Waals surface area contributed by atoms with Crippen molar-refractivity contribution in [3.8, 4) is 11.5 Å². The highest BCUT2D eigenvalue weighted by molar-refractivity contribution is 5.93. The predicted molar refractivity (Wildman–Crippen MR) is 109 cm³/mol. The van der Waals surface area contributed by atoms with E-state index in [9.17, 15) is 0 Å². The molecule has 1 fully saturated rings. The van der Waals surface area contributed by atoms with Gasteiger partial charge in [-0.15, -0.1) is 0 Å². The number of ether oxygens (including phenoxy) is 2. The van der Waals surface area contributed by atoms with Gasteiger partial charge in [-0.25, -0.2) is 0 Å². The summed E-state index contributed by atoms with van der Waals surface area (Å²) >= 11 is 0. The molecule has 0 spiro atoms. The number of likely N-dealkylation sites (tertiary alicyclic amines) is 1. The van der Waals surface area contributed by atoms with Gasteiger partial charge in [-0.2, -0.15) is 0 Å². The van der Waals surface area contributed by atoms with E-state index in [-0.39, 0.29) is 0 Å². The summed E-state index contributed by atoms with van der Waals surface area (Å²) in [5.74, 6) is 3.79. The summed E-state index contributed by atoms with van der Waals surface area (Å²) in [4.78, 5) is 6.89. The van der Waals surface area contributed by atoms with Gasteiger partial charge in [0.15, 0.2) is 17.5 Å². The first-order chi connectivity index (χ1) is 12.5. The molecular weight excluding hydrogens is 328 g/mol. The van der Waals surface area contributed by atoms with Crippen molar-refractivity contribution in [2.24, 2.45) is 16.8 Å². The molecule has 1 aromatic rings. The molecular formula is C20H34N4O2. The summed E-state index contributed by atoms with van der Waals surface area (Å²) in [5.41, 5.74) is 0.912. The number of nitrogens with zero attached hydrogens (tertiary/aromatic N) is 2. The largest absolute Gasteiger partial charge is 0.493 e. The van der Waals surface area contributed by atoms with Crippen LogP contribution in [-0.2, 0) is 0 Å². The molecule has 2 unspecified atom stereocenters. The van der Waals surface area contributed by atoms with E-state index < -0.39 is 0 Å². The molecule has 0 aromatic heterocycles. The lowest BCUT2D eigenvalue weighted by Gasteiger charge is -2.35. The molecule has 146 valence electrons. The maximum Gasteiger partial charge on any atom is 0.195 e. The summed E-state index contributed by atoms with van der Waals surface area (Å²) in [6.07, 6.45) is 2.46.